The molecule has 1 aromatic rings. The molecule has 88 valence electrons. The van der Waals surface area contributed by atoms with Gasteiger partial charge in [-0.2, -0.15) is 0 Å². The SMILES string of the molecule is CN(c1ncc(Br)cn1)C1CCC(O)CC1. The Morgan fingerprint density at radius 3 is 2.38 bits per heavy atom. The van der Waals surface area contributed by atoms with E-state index in [4.69, 9.17) is 0 Å². The van der Waals surface area contributed by atoms with Crippen molar-refractivity contribution in [3.8, 4) is 0 Å². The molecule has 1 aliphatic carbocycles. The van der Waals surface area contributed by atoms with Crippen LogP contribution in [0.1, 0.15) is 25.7 Å². The van der Waals surface area contributed by atoms with E-state index in [9.17, 15) is 5.11 Å². The van der Waals surface area contributed by atoms with Crippen LogP contribution in [-0.2, 0) is 0 Å². The van der Waals surface area contributed by atoms with E-state index in [1.807, 2.05) is 7.05 Å². The van der Waals surface area contributed by atoms with Gasteiger partial charge in [-0.25, -0.2) is 9.97 Å². The second kappa shape index (κ2) is 5.10. The molecule has 0 amide bonds. The van der Waals surface area contributed by atoms with Gasteiger partial charge in [0, 0.05) is 25.5 Å². The number of rotatable bonds is 2. The summed E-state index contributed by atoms with van der Waals surface area (Å²) in [7, 11) is 2.02. The highest BCUT2D eigenvalue weighted by atomic mass is 79.9. The van der Waals surface area contributed by atoms with Gasteiger partial charge in [-0.05, 0) is 41.6 Å². The van der Waals surface area contributed by atoms with Crippen LogP contribution in [-0.4, -0.2) is 34.3 Å². The number of anilines is 1. The summed E-state index contributed by atoms with van der Waals surface area (Å²) in [5, 5.41) is 9.46. The molecule has 0 aromatic carbocycles. The first-order valence-corrected chi connectivity index (χ1v) is 6.34. The van der Waals surface area contributed by atoms with Gasteiger partial charge in [-0.15, -0.1) is 0 Å². The van der Waals surface area contributed by atoms with Gasteiger partial charge in [0.2, 0.25) is 5.95 Å². The van der Waals surface area contributed by atoms with Gasteiger partial charge in [0.1, 0.15) is 0 Å². The molecule has 0 atom stereocenters. The highest BCUT2D eigenvalue weighted by Gasteiger charge is 2.23. The third-order valence-corrected chi connectivity index (χ3v) is 3.55. The third-order valence-electron chi connectivity index (χ3n) is 3.14. The normalized spacial score (nSPS) is 25.4. The first-order chi connectivity index (χ1) is 7.66. The molecule has 0 spiro atoms. The number of hydrogen-bond acceptors (Lipinski definition) is 4. The monoisotopic (exact) mass is 285 g/mol. The molecule has 5 heteroatoms. The number of nitrogens with zero attached hydrogens (tertiary/aromatic N) is 3. The zero-order chi connectivity index (χ0) is 11.5. The minimum Gasteiger partial charge on any atom is -0.393 e. The van der Waals surface area contributed by atoms with Crippen molar-refractivity contribution in [2.75, 3.05) is 11.9 Å². The molecule has 16 heavy (non-hydrogen) atoms. The zero-order valence-corrected chi connectivity index (χ0v) is 10.9. The molecular formula is C11H16BrN3O. The van der Waals surface area contributed by atoms with Crippen LogP contribution in [0.3, 0.4) is 0 Å². The van der Waals surface area contributed by atoms with Crippen LogP contribution in [0.15, 0.2) is 16.9 Å². The lowest BCUT2D eigenvalue weighted by molar-refractivity contribution is 0.122. The van der Waals surface area contributed by atoms with Crippen LogP contribution >= 0.6 is 15.9 Å². The summed E-state index contributed by atoms with van der Waals surface area (Å²) >= 11 is 3.32. The molecule has 4 nitrogen and oxygen atoms in total. The maximum Gasteiger partial charge on any atom is 0.225 e. The predicted octanol–water partition coefficient (Wildman–Crippen LogP) is 1.98. The van der Waals surface area contributed by atoms with Crippen molar-refractivity contribution in [2.24, 2.45) is 0 Å². The average Bonchev–Trinajstić information content (AvgIpc) is 2.30. The van der Waals surface area contributed by atoms with E-state index in [0.717, 1.165) is 36.1 Å². The van der Waals surface area contributed by atoms with E-state index < -0.39 is 0 Å². The van der Waals surface area contributed by atoms with Gasteiger partial charge >= 0.3 is 0 Å². The zero-order valence-electron chi connectivity index (χ0n) is 9.30. The molecule has 1 aliphatic rings. The van der Waals surface area contributed by atoms with Crippen molar-refractivity contribution in [1.29, 1.82) is 0 Å². The first-order valence-electron chi connectivity index (χ1n) is 5.55. The lowest BCUT2D eigenvalue weighted by Crippen LogP contribution is -2.37. The second-order valence-corrected chi connectivity index (χ2v) is 5.19. The molecule has 0 radical (unpaired) electrons. The Bertz CT molecular complexity index is 336. The molecule has 1 fully saturated rings. The Morgan fingerprint density at radius 2 is 1.81 bits per heavy atom. The molecule has 0 unspecified atom stereocenters. The summed E-state index contributed by atoms with van der Waals surface area (Å²) in [6.07, 6.45) is 7.19. The minimum absolute atomic E-state index is 0.115. The molecule has 2 rings (SSSR count). The summed E-state index contributed by atoms with van der Waals surface area (Å²) < 4.78 is 0.892. The fourth-order valence-corrected chi connectivity index (χ4v) is 2.30. The summed E-state index contributed by atoms with van der Waals surface area (Å²) in [4.78, 5) is 10.7. The molecule has 1 saturated carbocycles. The highest BCUT2D eigenvalue weighted by molar-refractivity contribution is 9.10. The van der Waals surface area contributed by atoms with Gasteiger partial charge in [-0.1, -0.05) is 0 Å². The predicted molar refractivity (Wildman–Crippen MR) is 66.4 cm³/mol. The maximum atomic E-state index is 9.46. The van der Waals surface area contributed by atoms with Crippen LogP contribution in [0.4, 0.5) is 5.95 Å². The fourth-order valence-electron chi connectivity index (χ4n) is 2.10. The van der Waals surface area contributed by atoms with Crippen molar-refractivity contribution < 1.29 is 5.11 Å². The van der Waals surface area contributed by atoms with Crippen molar-refractivity contribution in [3.63, 3.8) is 0 Å². The molecule has 0 aliphatic heterocycles. The average molecular weight is 286 g/mol. The van der Waals surface area contributed by atoms with Crippen LogP contribution in [0, 0.1) is 0 Å². The van der Waals surface area contributed by atoms with Gasteiger partial charge in [0.15, 0.2) is 0 Å². The van der Waals surface area contributed by atoms with Crippen molar-refractivity contribution >= 4 is 21.9 Å². The molecule has 1 N–H and O–H groups in total. The van der Waals surface area contributed by atoms with E-state index in [1.54, 1.807) is 12.4 Å². The lowest BCUT2D eigenvalue weighted by atomic mass is 9.92. The van der Waals surface area contributed by atoms with Crippen molar-refractivity contribution in [1.82, 2.24) is 9.97 Å². The summed E-state index contributed by atoms with van der Waals surface area (Å²) in [6.45, 7) is 0. The summed E-state index contributed by atoms with van der Waals surface area (Å²) in [5.74, 6) is 0.754. The van der Waals surface area contributed by atoms with Crippen molar-refractivity contribution in [2.45, 2.75) is 37.8 Å². The minimum atomic E-state index is -0.115. The highest BCUT2D eigenvalue weighted by Crippen LogP contribution is 2.24. The van der Waals surface area contributed by atoms with Crippen LogP contribution in [0.5, 0.6) is 0 Å². The number of aliphatic hydroxyl groups excluding tert-OH is 1. The number of aliphatic hydroxyl groups is 1. The lowest BCUT2D eigenvalue weighted by Gasteiger charge is -2.32. The Balaban J connectivity index is 2.01. The van der Waals surface area contributed by atoms with Gasteiger partial charge in [0.05, 0.1) is 10.6 Å². The quantitative estimate of drug-likeness (QED) is 0.903. The van der Waals surface area contributed by atoms with E-state index >= 15 is 0 Å². The number of hydrogen-bond donors (Lipinski definition) is 1. The molecule has 0 bridgehead atoms. The molecule has 1 aromatic heterocycles. The topological polar surface area (TPSA) is 49.2 Å². The Labute approximate surface area is 104 Å². The molecular weight excluding hydrogens is 270 g/mol. The maximum absolute atomic E-state index is 9.46. The standard InChI is InChI=1S/C11H16BrN3O/c1-15(9-2-4-10(16)5-3-9)11-13-6-8(12)7-14-11/h6-7,9-10,16H,2-5H2,1H3. The van der Waals surface area contributed by atoms with E-state index in [-0.39, 0.29) is 6.10 Å². The fraction of sp³-hybridized carbons (Fsp3) is 0.636. The summed E-state index contributed by atoms with van der Waals surface area (Å²) in [6, 6.07) is 0.449. The van der Waals surface area contributed by atoms with Crippen molar-refractivity contribution in [3.05, 3.63) is 16.9 Å². The third kappa shape index (κ3) is 2.71. The Hall–Kier alpha value is -0.680. The smallest absolute Gasteiger partial charge is 0.225 e. The van der Waals surface area contributed by atoms with E-state index in [2.05, 4.69) is 30.8 Å². The van der Waals surface area contributed by atoms with Crippen LogP contribution in [0.25, 0.3) is 0 Å². The van der Waals surface area contributed by atoms with Crippen LogP contribution in [0.2, 0.25) is 0 Å². The van der Waals surface area contributed by atoms with E-state index in [1.165, 1.54) is 0 Å². The van der Waals surface area contributed by atoms with Gasteiger partial charge < -0.3 is 10.0 Å². The molecule has 0 saturated heterocycles. The largest absolute Gasteiger partial charge is 0.393 e. The molecule has 1 heterocycles. The van der Waals surface area contributed by atoms with E-state index in [0.29, 0.717) is 6.04 Å². The summed E-state index contributed by atoms with van der Waals surface area (Å²) in [5.41, 5.74) is 0. The van der Waals surface area contributed by atoms with Gasteiger partial charge in [-0.3, -0.25) is 0 Å². The van der Waals surface area contributed by atoms with Gasteiger partial charge in [0.25, 0.3) is 0 Å². The first kappa shape index (κ1) is 11.8. The number of halogens is 1. The van der Waals surface area contributed by atoms with Crippen LogP contribution < -0.4 is 4.90 Å². The Morgan fingerprint density at radius 1 is 1.25 bits per heavy atom. The number of aromatic nitrogens is 2. The second-order valence-electron chi connectivity index (χ2n) is 4.27. The Kier molecular flexibility index (Phi) is 3.76.